The molecule has 2 nitrogen and oxygen atoms in total. The second kappa shape index (κ2) is 7.29. The molecule has 1 saturated heterocycles. The molecule has 0 aromatic rings. The van der Waals surface area contributed by atoms with Crippen LogP contribution in [0.1, 0.15) is 47.0 Å². The van der Waals surface area contributed by atoms with Crippen LogP contribution in [0.25, 0.3) is 0 Å². The third kappa shape index (κ3) is 5.31. The summed E-state index contributed by atoms with van der Waals surface area (Å²) in [7, 11) is 0. The Hall–Kier alpha value is -0.0800. The molecule has 1 fully saturated rings. The first-order chi connectivity index (χ1) is 7.59. The SMILES string of the molecule is CC(C)CCCN1CCCNC(C(C)C)C1. The van der Waals surface area contributed by atoms with E-state index in [9.17, 15) is 0 Å². The van der Waals surface area contributed by atoms with Gasteiger partial charge in [0.05, 0.1) is 0 Å². The van der Waals surface area contributed by atoms with E-state index in [2.05, 4.69) is 37.9 Å². The van der Waals surface area contributed by atoms with E-state index in [0.29, 0.717) is 6.04 Å². The maximum Gasteiger partial charge on any atom is 0.0217 e. The topological polar surface area (TPSA) is 15.3 Å². The van der Waals surface area contributed by atoms with Gasteiger partial charge < -0.3 is 10.2 Å². The van der Waals surface area contributed by atoms with Crippen LogP contribution in [0.15, 0.2) is 0 Å². The quantitative estimate of drug-likeness (QED) is 0.775. The molecule has 1 heterocycles. The molecular formula is C14H30N2. The predicted molar refractivity (Wildman–Crippen MR) is 71.8 cm³/mol. The van der Waals surface area contributed by atoms with Crippen molar-refractivity contribution in [3.8, 4) is 0 Å². The molecule has 16 heavy (non-hydrogen) atoms. The van der Waals surface area contributed by atoms with E-state index in [1.165, 1.54) is 45.4 Å². The van der Waals surface area contributed by atoms with E-state index >= 15 is 0 Å². The largest absolute Gasteiger partial charge is 0.312 e. The maximum atomic E-state index is 3.67. The van der Waals surface area contributed by atoms with Gasteiger partial charge in [-0.25, -0.2) is 0 Å². The molecule has 0 aromatic carbocycles. The Bertz CT molecular complexity index is 178. The fourth-order valence-corrected chi connectivity index (χ4v) is 2.40. The highest BCUT2D eigenvalue weighted by molar-refractivity contribution is 4.78. The van der Waals surface area contributed by atoms with Crippen molar-refractivity contribution >= 4 is 0 Å². The van der Waals surface area contributed by atoms with Crippen LogP contribution in [0, 0.1) is 11.8 Å². The van der Waals surface area contributed by atoms with Crippen molar-refractivity contribution in [2.75, 3.05) is 26.2 Å². The first kappa shape index (κ1) is 14.0. The van der Waals surface area contributed by atoms with E-state index in [1.807, 2.05) is 0 Å². The van der Waals surface area contributed by atoms with Crippen LogP contribution in [0.5, 0.6) is 0 Å². The van der Waals surface area contributed by atoms with Crippen LogP contribution in [-0.2, 0) is 0 Å². The van der Waals surface area contributed by atoms with Gasteiger partial charge in [0.1, 0.15) is 0 Å². The zero-order valence-corrected chi connectivity index (χ0v) is 11.6. The zero-order valence-electron chi connectivity index (χ0n) is 11.6. The van der Waals surface area contributed by atoms with Crippen molar-refractivity contribution in [2.24, 2.45) is 11.8 Å². The molecule has 1 aliphatic heterocycles. The Kier molecular flexibility index (Phi) is 6.37. The minimum Gasteiger partial charge on any atom is -0.312 e. The fourth-order valence-electron chi connectivity index (χ4n) is 2.40. The Morgan fingerprint density at radius 2 is 2.00 bits per heavy atom. The molecule has 1 unspecified atom stereocenters. The van der Waals surface area contributed by atoms with Gasteiger partial charge >= 0.3 is 0 Å². The van der Waals surface area contributed by atoms with Crippen molar-refractivity contribution in [1.82, 2.24) is 10.2 Å². The second-order valence-electron chi connectivity index (χ2n) is 5.99. The van der Waals surface area contributed by atoms with Crippen LogP contribution in [0.2, 0.25) is 0 Å². The van der Waals surface area contributed by atoms with Gasteiger partial charge in [0.25, 0.3) is 0 Å². The summed E-state index contributed by atoms with van der Waals surface area (Å²) in [6, 6.07) is 0.696. The van der Waals surface area contributed by atoms with E-state index in [1.54, 1.807) is 0 Å². The molecule has 96 valence electrons. The van der Waals surface area contributed by atoms with Crippen LogP contribution in [-0.4, -0.2) is 37.1 Å². The standard InChI is InChI=1S/C14H30N2/c1-12(2)7-5-9-16-10-6-8-15-14(11-16)13(3)4/h12-15H,5-11H2,1-4H3. The monoisotopic (exact) mass is 226 g/mol. The molecule has 1 atom stereocenters. The average molecular weight is 226 g/mol. The van der Waals surface area contributed by atoms with Crippen molar-refractivity contribution in [3.05, 3.63) is 0 Å². The number of nitrogens with one attached hydrogen (secondary N) is 1. The summed E-state index contributed by atoms with van der Waals surface area (Å²) >= 11 is 0. The highest BCUT2D eigenvalue weighted by Crippen LogP contribution is 2.11. The summed E-state index contributed by atoms with van der Waals surface area (Å²) in [5.41, 5.74) is 0. The normalized spacial score (nSPS) is 24.0. The zero-order chi connectivity index (χ0) is 12.0. The molecule has 2 heteroatoms. The lowest BCUT2D eigenvalue weighted by Crippen LogP contribution is -2.41. The molecule has 0 amide bonds. The van der Waals surface area contributed by atoms with Crippen molar-refractivity contribution in [1.29, 1.82) is 0 Å². The summed E-state index contributed by atoms with van der Waals surface area (Å²) in [6.45, 7) is 14.3. The summed E-state index contributed by atoms with van der Waals surface area (Å²) in [4.78, 5) is 2.66. The predicted octanol–water partition coefficient (Wildman–Crippen LogP) is 2.74. The van der Waals surface area contributed by atoms with Crippen molar-refractivity contribution < 1.29 is 0 Å². The molecule has 0 spiro atoms. The lowest BCUT2D eigenvalue weighted by molar-refractivity contribution is 0.238. The van der Waals surface area contributed by atoms with Crippen LogP contribution in [0.3, 0.4) is 0 Å². The minimum atomic E-state index is 0.696. The lowest BCUT2D eigenvalue weighted by Gasteiger charge is -2.26. The van der Waals surface area contributed by atoms with Gasteiger partial charge in [-0.2, -0.15) is 0 Å². The third-order valence-electron chi connectivity index (χ3n) is 3.57. The summed E-state index contributed by atoms with van der Waals surface area (Å²) < 4.78 is 0. The lowest BCUT2D eigenvalue weighted by atomic mass is 10.0. The van der Waals surface area contributed by atoms with Crippen LogP contribution < -0.4 is 5.32 Å². The van der Waals surface area contributed by atoms with Crippen LogP contribution >= 0.6 is 0 Å². The third-order valence-corrected chi connectivity index (χ3v) is 3.57. The van der Waals surface area contributed by atoms with Crippen LogP contribution in [0.4, 0.5) is 0 Å². The van der Waals surface area contributed by atoms with Gasteiger partial charge in [0, 0.05) is 12.6 Å². The van der Waals surface area contributed by atoms with Gasteiger partial charge in [0.15, 0.2) is 0 Å². The first-order valence-electron chi connectivity index (χ1n) is 7.05. The molecular weight excluding hydrogens is 196 g/mol. The van der Waals surface area contributed by atoms with E-state index in [0.717, 1.165) is 11.8 Å². The molecule has 0 aliphatic carbocycles. The number of rotatable bonds is 5. The summed E-state index contributed by atoms with van der Waals surface area (Å²) in [5.74, 6) is 1.61. The minimum absolute atomic E-state index is 0.696. The van der Waals surface area contributed by atoms with E-state index in [4.69, 9.17) is 0 Å². The Morgan fingerprint density at radius 3 is 2.62 bits per heavy atom. The van der Waals surface area contributed by atoms with Crippen molar-refractivity contribution in [2.45, 2.75) is 53.0 Å². The molecule has 1 rings (SSSR count). The van der Waals surface area contributed by atoms with Gasteiger partial charge in [0.2, 0.25) is 0 Å². The highest BCUT2D eigenvalue weighted by atomic mass is 15.2. The Labute approximate surface area is 102 Å². The second-order valence-corrected chi connectivity index (χ2v) is 5.99. The van der Waals surface area contributed by atoms with E-state index in [-0.39, 0.29) is 0 Å². The molecule has 0 aromatic heterocycles. The molecule has 0 saturated carbocycles. The number of nitrogens with zero attached hydrogens (tertiary/aromatic N) is 1. The Morgan fingerprint density at radius 1 is 1.25 bits per heavy atom. The first-order valence-corrected chi connectivity index (χ1v) is 7.05. The highest BCUT2D eigenvalue weighted by Gasteiger charge is 2.19. The number of hydrogen-bond acceptors (Lipinski definition) is 2. The summed E-state index contributed by atoms with van der Waals surface area (Å²) in [5, 5.41) is 3.67. The van der Waals surface area contributed by atoms with Gasteiger partial charge in [-0.1, -0.05) is 27.7 Å². The Balaban J connectivity index is 2.28. The van der Waals surface area contributed by atoms with Gasteiger partial charge in [-0.3, -0.25) is 0 Å². The van der Waals surface area contributed by atoms with Gasteiger partial charge in [-0.05, 0) is 50.7 Å². The molecule has 1 aliphatic rings. The fraction of sp³-hybridized carbons (Fsp3) is 1.00. The summed E-state index contributed by atoms with van der Waals surface area (Å²) in [6.07, 6.45) is 4.05. The number of hydrogen-bond donors (Lipinski definition) is 1. The molecule has 1 N–H and O–H groups in total. The molecule has 0 bridgehead atoms. The van der Waals surface area contributed by atoms with E-state index < -0.39 is 0 Å². The van der Waals surface area contributed by atoms with Crippen molar-refractivity contribution in [3.63, 3.8) is 0 Å². The van der Waals surface area contributed by atoms with Gasteiger partial charge in [-0.15, -0.1) is 0 Å². The maximum absolute atomic E-state index is 3.67. The molecule has 0 radical (unpaired) electrons. The average Bonchev–Trinajstić information content (AvgIpc) is 2.42. The smallest absolute Gasteiger partial charge is 0.0217 e.